The summed E-state index contributed by atoms with van der Waals surface area (Å²) in [5.41, 5.74) is 2.53. The molecule has 0 fully saturated rings. The van der Waals surface area contributed by atoms with Gasteiger partial charge in [0, 0.05) is 30.6 Å². The molecule has 0 aliphatic carbocycles. The van der Waals surface area contributed by atoms with E-state index in [1.807, 2.05) is 26.0 Å². The van der Waals surface area contributed by atoms with Gasteiger partial charge in [-0.2, -0.15) is 0 Å². The first kappa shape index (κ1) is 23.2. The minimum atomic E-state index is -0.233. The maximum atomic E-state index is 12.9. The Balaban J connectivity index is 1.68. The second kappa shape index (κ2) is 12.4. The maximum absolute atomic E-state index is 12.9. The van der Waals surface area contributed by atoms with Crippen molar-refractivity contribution in [3.63, 3.8) is 0 Å². The third-order valence-corrected chi connectivity index (χ3v) is 4.82. The van der Waals surface area contributed by atoms with Crippen molar-refractivity contribution in [1.82, 2.24) is 10.2 Å². The monoisotopic (exact) mass is 408 g/mol. The van der Waals surface area contributed by atoms with E-state index in [1.54, 1.807) is 29.2 Å². The lowest BCUT2D eigenvalue weighted by Gasteiger charge is -2.18. The number of halogens is 1. The number of nitrogens with zero attached hydrogens (tertiary/aromatic N) is 1. The lowest BCUT2D eigenvalue weighted by Crippen LogP contribution is -2.30. The molecular weight excluding hydrogens is 379 g/mol. The van der Waals surface area contributed by atoms with Gasteiger partial charge in [0.25, 0.3) is 5.91 Å². The smallest absolute Gasteiger partial charge is 0.253 e. The number of amides is 2. The number of carbonyl (C=O) groups excluding carboxylic acids is 2. The molecule has 0 aliphatic heterocycles. The fraction of sp³-hybridized carbons (Fsp3) is 0.360. The lowest BCUT2D eigenvalue weighted by atomic mass is 10.1. The van der Waals surface area contributed by atoms with E-state index in [9.17, 15) is 14.0 Å². The molecule has 2 aromatic carbocycles. The zero-order chi connectivity index (χ0) is 21.8. The van der Waals surface area contributed by atoms with E-state index < -0.39 is 0 Å². The third-order valence-electron chi connectivity index (χ3n) is 4.82. The summed E-state index contributed by atoms with van der Waals surface area (Å²) in [6, 6.07) is 13.7. The Morgan fingerprint density at radius 2 is 1.63 bits per heavy atom. The largest absolute Gasteiger partial charge is 0.345 e. The molecule has 2 amide bonds. The predicted octanol–water partition coefficient (Wildman–Crippen LogP) is 4.19. The number of unbranched alkanes of at least 4 members (excludes halogenated alkanes) is 1. The SMILES string of the molecule is CCN(CC)C(=O)c1ccc(C#CCNC(=O)CCCCc2ccc(F)cc2)cc1. The molecule has 0 spiro atoms. The highest BCUT2D eigenvalue weighted by atomic mass is 19.1. The van der Waals surface area contributed by atoms with E-state index in [-0.39, 0.29) is 24.2 Å². The van der Waals surface area contributed by atoms with Crippen molar-refractivity contribution >= 4 is 11.8 Å². The van der Waals surface area contributed by atoms with Gasteiger partial charge in [0.1, 0.15) is 5.82 Å². The van der Waals surface area contributed by atoms with Crippen LogP contribution in [0, 0.1) is 17.7 Å². The first-order valence-corrected chi connectivity index (χ1v) is 10.4. The fourth-order valence-electron chi connectivity index (χ4n) is 3.03. The van der Waals surface area contributed by atoms with Gasteiger partial charge in [-0.3, -0.25) is 9.59 Å². The summed E-state index contributed by atoms with van der Waals surface area (Å²) >= 11 is 0. The molecule has 0 saturated carbocycles. The van der Waals surface area contributed by atoms with Gasteiger partial charge in [0.2, 0.25) is 5.91 Å². The Morgan fingerprint density at radius 1 is 0.967 bits per heavy atom. The summed E-state index contributed by atoms with van der Waals surface area (Å²) in [6.45, 7) is 5.57. The molecule has 0 aromatic heterocycles. The van der Waals surface area contributed by atoms with Gasteiger partial charge in [0.05, 0.1) is 6.54 Å². The van der Waals surface area contributed by atoms with Crippen molar-refractivity contribution in [2.24, 2.45) is 0 Å². The summed E-state index contributed by atoms with van der Waals surface area (Å²) in [7, 11) is 0. The van der Waals surface area contributed by atoms with Gasteiger partial charge in [-0.15, -0.1) is 0 Å². The minimum Gasteiger partial charge on any atom is -0.345 e. The molecule has 4 nitrogen and oxygen atoms in total. The fourth-order valence-corrected chi connectivity index (χ4v) is 3.03. The number of aryl methyl sites for hydroxylation is 1. The van der Waals surface area contributed by atoms with Crippen LogP contribution in [0.2, 0.25) is 0 Å². The van der Waals surface area contributed by atoms with Crippen LogP contribution in [-0.2, 0) is 11.2 Å². The van der Waals surface area contributed by atoms with Crippen LogP contribution in [0.25, 0.3) is 0 Å². The number of hydrogen-bond acceptors (Lipinski definition) is 2. The Hall–Kier alpha value is -3.13. The van der Waals surface area contributed by atoms with Crippen LogP contribution in [0.1, 0.15) is 54.6 Å². The molecule has 0 unspecified atom stereocenters. The molecule has 0 bridgehead atoms. The number of benzene rings is 2. The molecule has 0 heterocycles. The van der Waals surface area contributed by atoms with Crippen LogP contribution < -0.4 is 5.32 Å². The molecule has 158 valence electrons. The molecule has 2 rings (SSSR count). The number of nitrogens with one attached hydrogen (secondary N) is 1. The number of rotatable bonds is 9. The molecule has 1 N–H and O–H groups in total. The molecule has 0 atom stereocenters. The van der Waals surface area contributed by atoms with Crippen LogP contribution in [0.4, 0.5) is 4.39 Å². The van der Waals surface area contributed by atoms with Crippen LogP contribution in [0.5, 0.6) is 0 Å². The minimum absolute atomic E-state index is 0.0196. The van der Waals surface area contributed by atoms with Crippen LogP contribution >= 0.6 is 0 Å². The Morgan fingerprint density at radius 3 is 2.27 bits per heavy atom. The van der Waals surface area contributed by atoms with Gasteiger partial charge < -0.3 is 10.2 Å². The van der Waals surface area contributed by atoms with Crippen molar-refractivity contribution in [2.75, 3.05) is 19.6 Å². The second-order valence-corrected chi connectivity index (χ2v) is 6.97. The lowest BCUT2D eigenvalue weighted by molar-refractivity contribution is -0.120. The van der Waals surface area contributed by atoms with Crippen LogP contribution in [0.3, 0.4) is 0 Å². The van der Waals surface area contributed by atoms with Gasteiger partial charge in [-0.1, -0.05) is 24.0 Å². The van der Waals surface area contributed by atoms with Gasteiger partial charge in [-0.05, 0) is 75.1 Å². The molecule has 0 aliphatic rings. The van der Waals surface area contributed by atoms with Crippen LogP contribution in [0.15, 0.2) is 48.5 Å². The van der Waals surface area contributed by atoms with E-state index in [4.69, 9.17) is 0 Å². The topological polar surface area (TPSA) is 49.4 Å². The number of carbonyl (C=O) groups is 2. The predicted molar refractivity (Wildman–Crippen MR) is 118 cm³/mol. The van der Waals surface area contributed by atoms with Gasteiger partial charge in [-0.25, -0.2) is 4.39 Å². The van der Waals surface area contributed by atoms with E-state index in [1.165, 1.54) is 12.1 Å². The second-order valence-electron chi connectivity index (χ2n) is 6.97. The highest BCUT2D eigenvalue weighted by Crippen LogP contribution is 2.09. The van der Waals surface area contributed by atoms with Gasteiger partial charge >= 0.3 is 0 Å². The summed E-state index contributed by atoms with van der Waals surface area (Å²) < 4.78 is 12.9. The average Bonchev–Trinajstić information content (AvgIpc) is 2.76. The third kappa shape index (κ3) is 7.71. The average molecular weight is 409 g/mol. The molecule has 5 heteroatoms. The zero-order valence-corrected chi connectivity index (χ0v) is 17.7. The number of hydrogen-bond donors (Lipinski definition) is 1. The van der Waals surface area contributed by atoms with E-state index in [0.717, 1.165) is 30.4 Å². The molecule has 30 heavy (non-hydrogen) atoms. The van der Waals surface area contributed by atoms with Crippen molar-refractivity contribution < 1.29 is 14.0 Å². The van der Waals surface area contributed by atoms with Crippen molar-refractivity contribution in [1.29, 1.82) is 0 Å². The van der Waals surface area contributed by atoms with E-state index in [0.29, 0.717) is 25.1 Å². The van der Waals surface area contributed by atoms with Crippen molar-refractivity contribution in [2.45, 2.75) is 39.5 Å². The molecule has 0 radical (unpaired) electrons. The first-order valence-electron chi connectivity index (χ1n) is 10.4. The summed E-state index contributed by atoms with van der Waals surface area (Å²) in [4.78, 5) is 25.9. The molecular formula is C25H29FN2O2. The summed E-state index contributed by atoms with van der Waals surface area (Å²) in [6.07, 6.45) is 2.94. The zero-order valence-electron chi connectivity index (χ0n) is 17.7. The molecule has 0 saturated heterocycles. The van der Waals surface area contributed by atoms with Gasteiger partial charge in [0.15, 0.2) is 0 Å². The van der Waals surface area contributed by atoms with E-state index in [2.05, 4.69) is 17.2 Å². The maximum Gasteiger partial charge on any atom is 0.253 e. The summed E-state index contributed by atoms with van der Waals surface area (Å²) in [5.74, 6) is 5.69. The molecule has 2 aromatic rings. The van der Waals surface area contributed by atoms with Crippen molar-refractivity contribution in [3.8, 4) is 11.8 Å². The summed E-state index contributed by atoms with van der Waals surface area (Å²) in [5, 5.41) is 2.80. The highest BCUT2D eigenvalue weighted by molar-refractivity contribution is 5.94. The van der Waals surface area contributed by atoms with E-state index >= 15 is 0 Å². The standard InChI is InChI=1S/C25H29FN2O2/c1-3-28(4-2)25(30)22-15-11-21(12-16-22)9-7-19-27-24(29)10-6-5-8-20-13-17-23(26)18-14-20/h11-18H,3-6,8,10,19H2,1-2H3,(H,27,29). The Bertz CT molecular complexity index is 876. The Kier molecular flexibility index (Phi) is 9.60. The van der Waals surface area contributed by atoms with Crippen molar-refractivity contribution in [3.05, 3.63) is 71.0 Å². The normalized spacial score (nSPS) is 10.1. The first-order chi connectivity index (χ1) is 14.5. The Labute approximate surface area is 178 Å². The quantitative estimate of drug-likeness (QED) is 0.500. The van der Waals surface area contributed by atoms with Crippen LogP contribution in [-0.4, -0.2) is 36.3 Å². The highest BCUT2D eigenvalue weighted by Gasteiger charge is 2.11.